The number of ether oxygens (including phenoxy) is 1. The lowest BCUT2D eigenvalue weighted by Crippen LogP contribution is -2.43. The van der Waals surface area contributed by atoms with E-state index in [1.54, 1.807) is 19.9 Å². The molecule has 6 heteroatoms. The van der Waals surface area contributed by atoms with Crippen LogP contribution in [-0.4, -0.2) is 18.4 Å². The predicted molar refractivity (Wildman–Crippen MR) is 85.2 cm³/mol. The van der Waals surface area contributed by atoms with E-state index in [1.165, 1.54) is 0 Å². The van der Waals surface area contributed by atoms with E-state index in [2.05, 4.69) is 10.9 Å². The smallest absolute Gasteiger partial charge is 0.276 e. The maximum absolute atomic E-state index is 11.9. The first kappa shape index (κ1) is 16.6. The summed E-state index contributed by atoms with van der Waals surface area (Å²) in [5.74, 6) is 0.895. The molecule has 2 rings (SSSR count). The largest absolute Gasteiger partial charge is 0.483 e. The number of carbonyl (C=O) groups is 2. The fraction of sp³-hybridized carbons (Fsp3) is 0.294. The van der Waals surface area contributed by atoms with E-state index in [0.29, 0.717) is 22.8 Å². The Labute approximate surface area is 134 Å². The van der Waals surface area contributed by atoms with Crippen molar-refractivity contribution in [2.24, 2.45) is 0 Å². The zero-order valence-corrected chi connectivity index (χ0v) is 13.6. The molecule has 1 aromatic heterocycles. The van der Waals surface area contributed by atoms with Gasteiger partial charge in [0.15, 0.2) is 6.61 Å². The van der Waals surface area contributed by atoms with Crippen LogP contribution in [-0.2, 0) is 4.79 Å². The van der Waals surface area contributed by atoms with Crippen molar-refractivity contribution in [3.8, 4) is 5.75 Å². The number of hydrogen-bond acceptors (Lipinski definition) is 4. The zero-order valence-electron chi connectivity index (χ0n) is 13.6. The third kappa shape index (κ3) is 4.35. The van der Waals surface area contributed by atoms with Gasteiger partial charge >= 0.3 is 0 Å². The second-order valence-electron chi connectivity index (χ2n) is 5.39. The van der Waals surface area contributed by atoms with Gasteiger partial charge in [-0.15, -0.1) is 0 Å². The number of hydrogen-bond donors (Lipinski definition) is 2. The molecule has 2 aromatic rings. The van der Waals surface area contributed by atoms with Gasteiger partial charge in [-0.1, -0.05) is 17.7 Å². The minimum atomic E-state index is -0.448. The van der Waals surface area contributed by atoms with Crippen molar-refractivity contribution in [1.82, 2.24) is 10.9 Å². The normalized spacial score (nSPS) is 10.3. The van der Waals surface area contributed by atoms with Gasteiger partial charge in [-0.3, -0.25) is 20.4 Å². The van der Waals surface area contributed by atoms with Crippen LogP contribution in [0.3, 0.4) is 0 Å². The van der Waals surface area contributed by atoms with Gasteiger partial charge in [-0.25, -0.2) is 0 Å². The van der Waals surface area contributed by atoms with Crippen molar-refractivity contribution >= 4 is 11.8 Å². The summed E-state index contributed by atoms with van der Waals surface area (Å²) in [4.78, 5) is 23.7. The first-order valence-electron chi connectivity index (χ1n) is 7.23. The lowest BCUT2D eigenvalue weighted by atomic mass is 10.1. The van der Waals surface area contributed by atoms with Gasteiger partial charge in [0, 0.05) is 0 Å². The summed E-state index contributed by atoms with van der Waals surface area (Å²) in [5, 5.41) is 0. The van der Waals surface area contributed by atoms with E-state index in [4.69, 9.17) is 9.15 Å². The SMILES string of the molecule is Cc1ccc(OCC(=O)NNC(=O)c2cc(C)oc2C)c(C)c1. The fourth-order valence-electron chi connectivity index (χ4n) is 2.19. The quantitative estimate of drug-likeness (QED) is 0.849. The second kappa shape index (κ2) is 7.00. The number of carbonyl (C=O) groups excluding carboxylic acids is 2. The van der Waals surface area contributed by atoms with Crippen molar-refractivity contribution in [3.05, 3.63) is 52.5 Å². The maximum atomic E-state index is 11.9. The van der Waals surface area contributed by atoms with Gasteiger partial charge in [-0.2, -0.15) is 0 Å². The Morgan fingerprint density at radius 2 is 1.83 bits per heavy atom. The number of furan rings is 1. The molecule has 122 valence electrons. The van der Waals surface area contributed by atoms with Crippen molar-refractivity contribution < 1.29 is 18.7 Å². The molecule has 0 aliphatic rings. The van der Waals surface area contributed by atoms with Crippen LogP contribution in [0.1, 0.15) is 33.0 Å². The number of rotatable bonds is 4. The maximum Gasteiger partial charge on any atom is 0.276 e. The van der Waals surface area contributed by atoms with Crippen LogP contribution in [0.15, 0.2) is 28.7 Å². The Kier molecular flexibility index (Phi) is 5.05. The highest BCUT2D eigenvalue weighted by Gasteiger charge is 2.14. The van der Waals surface area contributed by atoms with E-state index in [0.717, 1.165) is 11.1 Å². The van der Waals surface area contributed by atoms with E-state index in [-0.39, 0.29) is 6.61 Å². The van der Waals surface area contributed by atoms with Gasteiger partial charge in [0.2, 0.25) is 0 Å². The lowest BCUT2D eigenvalue weighted by molar-refractivity contribution is -0.123. The van der Waals surface area contributed by atoms with Crippen LogP contribution in [0.4, 0.5) is 0 Å². The predicted octanol–water partition coefficient (Wildman–Crippen LogP) is 2.35. The highest BCUT2D eigenvalue weighted by atomic mass is 16.5. The van der Waals surface area contributed by atoms with Crippen LogP contribution in [0.5, 0.6) is 5.75 Å². The third-order valence-corrected chi connectivity index (χ3v) is 3.29. The molecule has 23 heavy (non-hydrogen) atoms. The summed E-state index contributed by atoms with van der Waals surface area (Å²) in [6, 6.07) is 7.31. The van der Waals surface area contributed by atoms with Crippen molar-refractivity contribution in [2.45, 2.75) is 27.7 Å². The van der Waals surface area contributed by atoms with Gasteiger partial charge < -0.3 is 9.15 Å². The fourth-order valence-corrected chi connectivity index (χ4v) is 2.19. The molecule has 0 fully saturated rings. The number of hydrazine groups is 1. The number of amides is 2. The van der Waals surface area contributed by atoms with Crippen molar-refractivity contribution in [3.63, 3.8) is 0 Å². The van der Waals surface area contributed by atoms with Crippen molar-refractivity contribution in [2.75, 3.05) is 6.61 Å². The molecule has 1 aromatic carbocycles. The average Bonchev–Trinajstić information content (AvgIpc) is 2.82. The minimum absolute atomic E-state index is 0.187. The molecule has 0 radical (unpaired) electrons. The van der Waals surface area contributed by atoms with Gasteiger partial charge in [0.25, 0.3) is 11.8 Å². The van der Waals surface area contributed by atoms with Crippen LogP contribution in [0, 0.1) is 27.7 Å². The first-order chi connectivity index (χ1) is 10.9. The monoisotopic (exact) mass is 316 g/mol. The Hall–Kier alpha value is -2.76. The minimum Gasteiger partial charge on any atom is -0.483 e. The molecule has 0 aliphatic heterocycles. The lowest BCUT2D eigenvalue weighted by Gasteiger charge is -2.10. The summed E-state index contributed by atoms with van der Waals surface area (Å²) in [7, 11) is 0. The van der Waals surface area contributed by atoms with Gasteiger partial charge in [0.05, 0.1) is 5.56 Å². The van der Waals surface area contributed by atoms with E-state index in [1.807, 2.05) is 32.0 Å². The number of aryl methyl sites for hydroxylation is 4. The molecule has 0 atom stereocenters. The zero-order chi connectivity index (χ0) is 17.0. The average molecular weight is 316 g/mol. The van der Waals surface area contributed by atoms with Gasteiger partial charge in [-0.05, 0) is 45.4 Å². The number of nitrogens with one attached hydrogen (secondary N) is 2. The van der Waals surface area contributed by atoms with E-state index >= 15 is 0 Å². The van der Waals surface area contributed by atoms with Crippen LogP contribution < -0.4 is 15.6 Å². The second-order valence-corrected chi connectivity index (χ2v) is 5.39. The van der Waals surface area contributed by atoms with Gasteiger partial charge in [0.1, 0.15) is 17.3 Å². The summed E-state index contributed by atoms with van der Waals surface area (Å²) in [6.07, 6.45) is 0. The van der Waals surface area contributed by atoms with Crippen LogP contribution >= 0.6 is 0 Å². The molecule has 2 N–H and O–H groups in total. The molecule has 0 saturated carbocycles. The molecule has 6 nitrogen and oxygen atoms in total. The van der Waals surface area contributed by atoms with Crippen LogP contribution in [0.25, 0.3) is 0 Å². The molecule has 0 unspecified atom stereocenters. The first-order valence-corrected chi connectivity index (χ1v) is 7.23. The molecule has 0 saturated heterocycles. The summed E-state index contributed by atoms with van der Waals surface area (Å²) in [5.41, 5.74) is 7.11. The molecule has 2 amide bonds. The van der Waals surface area contributed by atoms with Crippen LogP contribution in [0.2, 0.25) is 0 Å². The molecular weight excluding hydrogens is 296 g/mol. The Bertz CT molecular complexity index is 734. The Balaban J connectivity index is 1.83. The number of benzene rings is 1. The molecule has 1 heterocycles. The molecule has 0 spiro atoms. The molecule has 0 aliphatic carbocycles. The van der Waals surface area contributed by atoms with E-state index < -0.39 is 11.8 Å². The Morgan fingerprint density at radius 3 is 2.43 bits per heavy atom. The highest BCUT2D eigenvalue weighted by Crippen LogP contribution is 2.18. The topological polar surface area (TPSA) is 80.6 Å². The summed E-state index contributed by atoms with van der Waals surface area (Å²) < 4.78 is 10.7. The molecular formula is C17H20N2O4. The van der Waals surface area contributed by atoms with Crippen molar-refractivity contribution in [1.29, 1.82) is 0 Å². The Morgan fingerprint density at radius 1 is 1.09 bits per heavy atom. The standard InChI is InChI=1S/C17H20N2O4/c1-10-5-6-15(11(2)7-10)22-9-16(20)18-19-17(21)14-8-12(3)23-13(14)4/h5-8H,9H2,1-4H3,(H,18,20)(H,19,21). The summed E-state index contributed by atoms with van der Waals surface area (Å²) >= 11 is 0. The highest BCUT2D eigenvalue weighted by molar-refractivity contribution is 5.96. The van der Waals surface area contributed by atoms with E-state index in [9.17, 15) is 9.59 Å². The summed E-state index contributed by atoms with van der Waals surface area (Å²) in [6.45, 7) is 7.14. The third-order valence-electron chi connectivity index (χ3n) is 3.29. The molecule has 0 bridgehead atoms.